The van der Waals surface area contributed by atoms with Crippen molar-refractivity contribution in [1.29, 1.82) is 0 Å². The fraction of sp³-hybridized carbons (Fsp3) is 0.571. The van der Waals surface area contributed by atoms with Crippen molar-refractivity contribution in [2.45, 2.75) is 44.1 Å². The normalized spacial score (nSPS) is 21.5. The van der Waals surface area contributed by atoms with Crippen molar-refractivity contribution in [2.24, 2.45) is 0 Å². The highest BCUT2D eigenvalue weighted by atomic mass is 16.5. The number of nitrogens with zero attached hydrogens (tertiary/aromatic N) is 3. The fourth-order valence-corrected chi connectivity index (χ4v) is 4.19. The van der Waals surface area contributed by atoms with Crippen LogP contribution in [0.5, 0.6) is 5.88 Å². The van der Waals surface area contributed by atoms with Gasteiger partial charge in [0.1, 0.15) is 5.82 Å². The van der Waals surface area contributed by atoms with Gasteiger partial charge < -0.3 is 14.5 Å². The summed E-state index contributed by atoms with van der Waals surface area (Å²) in [7, 11) is 1.63. The maximum absolute atomic E-state index is 12.3. The molecule has 0 saturated carbocycles. The number of methoxy groups -OCH3 is 1. The van der Waals surface area contributed by atoms with Crippen molar-refractivity contribution in [3.8, 4) is 5.88 Å². The lowest BCUT2D eigenvalue weighted by molar-refractivity contribution is 0.0834. The monoisotopic (exact) mass is 384 g/mol. The van der Waals surface area contributed by atoms with Gasteiger partial charge in [0.15, 0.2) is 0 Å². The first kappa shape index (κ1) is 19.1. The minimum absolute atomic E-state index is 0.0389. The molecule has 2 saturated heterocycles. The minimum Gasteiger partial charge on any atom is -0.481 e. The highest BCUT2D eigenvalue weighted by Crippen LogP contribution is 2.28. The number of ether oxygens (including phenoxy) is 2. The number of hydrogen-bond donors (Lipinski definition) is 1. The van der Waals surface area contributed by atoms with Gasteiger partial charge in [-0.2, -0.15) is 0 Å². The molecule has 7 nitrogen and oxygen atoms in total. The Morgan fingerprint density at radius 3 is 2.86 bits per heavy atom. The number of aromatic amines is 1. The molecule has 2 aliphatic heterocycles. The first-order chi connectivity index (χ1) is 13.7. The number of nitrogens with one attached hydrogen (secondary N) is 1. The highest BCUT2D eigenvalue weighted by molar-refractivity contribution is 5.18. The molecule has 1 unspecified atom stereocenters. The Morgan fingerprint density at radius 1 is 1.25 bits per heavy atom. The molecule has 0 spiro atoms. The van der Waals surface area contributed by atoms with E-state index >= 15 is 0 Å². The predicted octanol–water partition coefficient (Wildman–Crippen LogP) is 2.45. The average molecular weight is 384 g/mol. The molecule has 4 rings (SSSR count). The van der Waals surface area contributed by atoms with Gasteiger partial charge in [0.2, 0.25) is 5.88 Å². The first-order valence-corrected chi connectivity index (χ1v) is 10.1. The molecular formula is C21H28N4O3. The van der Waals surface area contributed by atoms with E-state index in [-0.39, 0.29) is 5.56 Å². The van der Waals surface area contributed by atoms with Crippen molar-refractivity contribution < 1.29 is 9.47 Å². The van der Waals surface area contributed by atoms with E-state index in [9.17, 15) is 4.79 Å². The first-order valence-electron chi connectivity index (χ1n) is 10.1. The van der Waals surface area contributed by atoms with Crippen LogP contribution in [0.25, 0.3) is 0 Å². The van der Waals surface area contributed by atoms with E-state index in [0.29, 0.717) is 17.7 Å². The number of aromatic nitrogens is 3. The molecule has 28 heavy (non-hydrogen) atoms. The quantitative estimate of drug-likeness (QED) is 0.853. The highest BCUT2D eigenvalue weighted by Gasteiger charge is 2.25. The van der Waals surface area contributed by atoms with Crippen LogP contribution in [0.3, 0.4) is 0 Å². The van der Waals surface area contributed by atoms with Crippen LogP contribution < -0.4 is 10.3 Å². The maximum Gasteiger partial charge on any atom is 0.251 e. The summed E-state index contributed by atoms with van der Waals surface area (Å²) < 4.78 is 10.6. The van der Waals surface area contributed by atoms with Gasteiger partial charge in [0, 0.05) is 56.5 Å². The Morgan fingerprint density at radius 2 is 2.11 bits per heavy atom. The SMILES string of the molecule is COc1ccc(CN2CCCC(c3cc(=O)[nH]c(C4CCOCC4)n3)C2)cn1. The molecule has 0 aromatic carbocycles. The maximum atomic E-state index is 12.3. The molecule has 1 atom stereocenters. The van der Waals surface area contributed by atoms with E-state index in [0.717, 1.165) is 70.0 Å². The number of rotatable bonds is 5. The molecule has 150 valence electrons. The molecule has 0 bridgehead atoms. The second kappa shape index (κ2) is 8.84. The fourth-order valence-electron chi connectivity index (χ4n) is 4.19. The predicted molar refractivity (Wildman–Crippen MR) is 106 cm³/mol. The van der Waals surface area contributed by atoms with Gasteiger partial charge >= 0.3 is 0 Å². The zero-order valence-electron chi connectivity index (χ0n) is 16.4. The second-order valence-corrected chi connectivity index (χ2v) is 7.73. The summed E-state index contributed by atoms with van der Waals surface area (Å²) >= 11 is 0. The lowest BCUT2D eigenvalue weighted by Crippen LogP contribution is -2.35. The zero-order valence-corrected chi connectivity index (χ0v) is 16.4. The van der Waals surface area contributed by atoms with Gasteiger partial charge in [-0.1, -0.05) is 6.07 Å². The summed E-state index contributed by atoms with van der Waals surface area (Å²) in [6, 6.07) is 5.64. The molecule has 0 amide bonds. The van der Waals surface area contributed by atoms with E-state index in [4.69, 9.17) is 14.5 Å². The minimum atomic E-state index is -0.0389. The molecular weight excluding hydrogens is 356 g/mol. The van der Waals surface area contributed by atoms with Gasteiger partial charge in [0.25, 0.3) is 5.56 Å². The summed E-state index contributed by atoms with van der Waals surface area (Å²) in [6.07, 6.45) is 5.90. The Hall–Kier alpha value is -2.25. The van der Waals surface area contributed by atoms with E-state index in [1.54, 1.807) is 13.2 Å². The molecule has 2 aromatic rings. The Labute approximate surface area is 165 Å². The van der Waals surface area contributed by atoms with Crippen molar-refractivity contribution in [3.05, 3.63) is 51.8 Å². The summed E-state index contributed by atoms with van der Waals surface area (Å²) in [5.74, 6) is 2.06. The molecule has 2 aromatic heterocycles. The van der Waals surface area contributed by atoms with Crippen molar-refractivity contribution in [2.75, 3.05) is 33.4 Å². The Kier molecular flexibility index (Phi) is 6.02. The number of H-pyrrole nitrogens is 1. The van der Waals surface area contributed by atoms with Crippen LogP contribution in [-0.2, 0) is 11.3 Å². The van der Waals surface area contributed by atoms with Crippen LogP contribution >= 0.6 is 0 Å². The lowest BCUT2D eigenvalue weighted by Gasteiger charge is -2.32. The molecule has 1 N–H and O–H groups in total. The van der Waals surface area contributed by atoms with Crippen LogP contribution in [-0.4, -0.2) is 53.3 Å². The van der Waals surface area contributed by atoms with Gasteiger partial charge in [-0.05, 0) is 37.8 Å². The standard InChI is InChI=1S/C21H28N4O3/c1-27-20-5-4-15(12-22-20)13-25-8-2-3-17(14-25)18-11-19(26)24-21(23-18)16-6-9-28-10-7-16/h4-5,11-12,16-17H,2-3,6-10,13-14H2,1H3,(H,23,24,26). The Balaban J connectivity index is 1.46. The summed E-state index contributed by atoms with van der Waals surface area (Å²) in [5.41, 5.74) is 2.06. The molecule has 0 radical (unpaired) electrons. The topological polar surface area (TPSA) is 80.3 Å². The third-order valence-electron chi connectivity index (χ3n) is 5.72. The van der Waals surface area contributed by atoms with Crippen LogP contribution in [0.15, 0.2) is 29.2 Å². The zero-order chi connectivity index (χ0) is 19.3. The molecule has 0 aliphatic carbocycles. The largest absolute Gasteiger partial charge is 0.481 e. The van der Waals surface area contributed by atoms with E-state index < -0.39 is 0 Å². The number of piperidine rings is 1. The van der Waals surface area contributed by atoms with Crippen LogP contribution in [0.2, 0.25) is 0 Å². The van der Waals surface area contributed by atoms with Gasteiger partial charge in [0.05, 0.1) is 12.8 Å². The molecule has 2 fully saturated rings. The van der Waals surface area contributed by atoms with Gasteiger partial charge in [-0.3, -0.25) is 9.69 Å². The van der Waals surface area contributed by atoms with Crippen molar-refractivity contribution in [1.82, 2.24) is 19.9 Å². The van der Waals surface area contributed by atoms with E-state index in [1.165, 1.54) is 5.56 Å². The lowest BCUT2D eigenvalue weighted by atomic mass is 9.93. The smallest absolute Gasteiger partial charge is 0.251 e. The van der Waals surface area contributed by atoms with Gasteiger partial charge in [-0.25, -0.2) is 9.97 Å². The van der Waals surface area contributed by atoms with Crippen molar-refractivity contribution >= 4 is 0 Å². The third-order valence-corrected chi connectivity index (χ3v) is 5.72. The molecule has 2 aliphatic rings. The number of hydrogen-bond acceptors (Lipinski definition) is 6. The second-order valence-electron chi connectivity index (χ2n) is 7.73. The number of pyridine rings is 1. The summed E-state index contributed by atoms with van der Waals surface area (Å²) in [4.78, 5) is 26.8. The van der Waals surface area contributed by atoms with Crippen molar-refractivity contribution in [3.63, 3.8) is 0 Å². The average Bonchev–Trinajstić information content (AvgIpc) is 2.75. The van der Waals surface area contributed by atoms with Crippen LogP contribution in [0.1, 0.15) is 54.6 Å². The molecule has 7 heteroatoms. The summed E-state index contributed by atoms with van der Waals surface area (Å²) in [6.45, 7) is 4.30. The van der Waals surface area contributed by atoms with Gasteiger partial charge in [-0.15, -0.1) is 0 Å². The van der Waals surface area contributed by atoms with E-state index in [2.05, 4.69) is 20.9 Å². The summed E-state index contributed by atoms with van der Waals surface area (Å²) in [5, 5.41) is 0. The molecule has 4 heterocycles. The third kappa shape index (κ3) is 4.59. The van der Waals surface area contributed by atoms with E-state index in [1.807, 2.05) is 12.3 Å². The van der Waals surface area contributed by atoms with Crippen LogP contribution in [0, 0.1) is 0 Å². The van der Waals surface area contributed by atoms with Crippen LogP contribution in [0.4, 0.5) is 0 Å². The number of likely N-dealkylation sites (tertiary alicyclic amines) is 1. The Bertz CT molecular complexity index is 830.